The number of benzene rings is 2. The number of carbonyl (C=O) groups is 2. The average Bonchev–Trinajstić information content (AvgIpc) is 3.43. The zero-order chi connectivity index (χ0) is 23.6. The Balaban J connectivity index is 1.39. The number of nitrogens with one attached hydrogen (secondary N) is 1. The summed E-state index contributed by atoms with van der Waals surface area (Å²) in [4.78, 5) is 27.7. The summed E-state index contributed by atoms with van der Waals surface area (Å²) in [6.07, 6.45) is 1.52. The molecule has 0 aromatic heterocycles. The van der Waals surface area contributed by atoms with E-state index in [1.807, 2.05) is 49.1 Å². The lowest BCUT2D eigenvalue weighted by atomic mass is 10.00. The molecule has 4 rings (SSSR count). The molecule has 2 aliphatic rings. The molecule has 2 saturated heterocycles. The molecule has 2 amide bonds. The van der Waals surface area contributed by atoms with Crippen LogP contribution in [0, 0.1) is 12.8 Å². The first-order valence-electron chi connectivity index (χ1n) is 11.5. The summed E-state index contributed by atoms with van der Waals surface area (Å²) in [7, 11) is -3.75. The molecule has 1 N–H and O–H groups in total. The van der Waals surface area contributed by atoms with Gasteiger partial charge in [0.2, 0.25) is 21.8 Å². The fourth-order valence-electron chi connectivity index (χ4n) is 4.67. The minimum atomic E-state index is -3.75. The Labute approximate surface area is 195 Å². The van der Waals surface area contributed by atoms with Gasteiger partial charge in [0.05, 0.1) is 4.90 Å². The summed E-state index contributed by atoms with van der Waals surface area (Å²) in [6, 6.07) is 15.6. The lowest BCUT2D eigenvalue weighted by Gasteiger charge is -2.27. The van der Waals surface area contributed by atoms with Gasteiger partial charge in [-0.15, -0.1) is 0 Å². The van der Waals surface area contributed by atoms with Gasteiger partial charge in [0.15, 0.2) is 0 Å². The Kier molecular flexibility index (Phi) is 6.86. The molecule has 7 nitrogen and oxygen atoms in total. The Morgan fingerprint density at radius 3 is 2.52 bits per heavy atom. The molecule has 176 valence electrons. The number of likely N-dealkylation sites (tertiary alicyclic amines) is 1. The van der Waals surface area contributed by atoms with E-state index >= 15 is 0 Å². The average molecular weight is 470 g/mol. The molecular formula is C25H31N3O4S. The summed E-state index contributed by atoms with van der Waals surface area (Å²) >= 11 is 0. The highest BCUT2D eigenvalue weighted by atomic mass is 32.2. The molecule has 2 heterocycles. The number of sulfonamides is 1. The van der Waals surface area contributed by atoms with Gasteiger partial charge in [-0.3, -0.25) is 9.59 Å². The molecular weight excluding hydrogens is 438 g/mol. The van der Waals surface area contributed by atoms with Crippen LogP contribution in [0.1, 0.15) is 37.3 Å². The molecule has 2 fully saturated rings. The zero-order valence-corrected chi connectivity index (χ0v) is 19.9. The predicted molar refractivity (Wildman–Crippen MR) is 126 cm³/mol. The third kappa shape index (κ3) is 5.12. The highest BCUT2D eigenvalue weighted by molar-refractivity contribution is 7.89. The van der Waals surface area contributed by atoms with Crippen LogP contribution >= 0.6 is 0 Å². The highest BCUT2D eigenvalue weighted by Gasteiger charge is 2.41. The summed E-state index contributed by atoms with van der Waals surface area (Å²) in [5, 5.41) is 3.01. The van der Waals surface area contributed by atoms with Gasteiger partial charge in [0.25, 0.3) is 0 Å². The summed E-state index contributed by atoms with van der Waals surface area (Å²) in [6.45, 7) is 5.26. The van der Waals surface area contributed by atoms with Crippen LogP contribution in [0.3, 0.4) is 0 Å². The van der Waals surface area contributed by atoms with Gasteiger partial charge in [0.1, 0.15) is 6.04 Å². The minimum Gasteiger partial charge on any atom is -0.352 e. The third-order valence-electron chi connectivity index (χ3n) is 6.67. The number of nitrogens with zero attached hydrogens (tertiary/aromatic N) is 2. The van der Waals surface area contributed by atoms with Crippen LogP contribution in [0.4, 0.5) is 0 Å². The van der Waals surface area contributed by atoms with Crippen molar-refractivity contribution in [2.24, 2.45) is 5.92 Å². The monoisotopic (exact) mass is 469 g/mol. The maximum absolute atomic E-state index is 13.2. The van der Waals surface area contributed by atoms with Crippen molar-refractivity contribution in [3.8, 4) is 0 Å². The first-order valence-corrected chi connectivity index (χ1v) is 12.9. The molecule has 2 aromatic rings. The topological polar surface area (TPSA) is 86.8 Å². The van der Waals surface area contributed by atoms with Crippen LogP contribution in [-0.2, 0) is 26.2 Å². The van der Waals surface area contributed by atoms with E-state index in [1.165, 1.54) is 4.31 Å². The minimum absolute atomic E-state index is 0.00581. The molecule has 0 bridgehead atoms. The van der Waals surface area contributed by atoms with Crippen LogP contribution < -0.4 is 5.32 Å². The maximum Gasteiger partial charge on any atom is 0.243 e. The Morgan fingerprint density at radius 2 is 1.82 bits per heavy atom. The second-order valence-corrected chi connectivity index (χ2v) is 11.0. The first-order chi connectivity index (χ1) is 15.8. The van der Waals surface area contributed by atoms with Crippen molar-refractivity contribution in [1.82, 2.24) is 14.5 Å². The van der Waals surface area contributed by atoms with E-state index in [1.54, 1.807) is 24.3 Å². The molecule has 0 aliphatic carbocycles. The van der Waals surface area contributed by atoms with Gasteiger partial charge >= 0.3 is 0 Å². The number of carbonyl (C=O) groups excluding carboxylic acids is 2. The second kappa shape index (κ2) is 9.65. The largest absolute Gasteiger partial charge is 0.352 e. The van der Waals surface area contributed by atoms with Crippen LogP contribution in [0.5, 0.6) is 0 Å². The maximum atomic E-state index is 13.2. The number of rotatable bonds is 7. The second-order valence-electron chi connectivity index (χ2n) is 9.11. The Hall–Kier alpha value is -2.71. The third-order valence-corrected chi connectivity index (χ3v) is 8.59. The number of hydrogen-bond acceptors (Lipinski definition) is 4. The van der Waals surface area contributed by atoms with Crippen molar-refractivity contribution in [3.63, 3.8) is 0 Å². The van der Waals surface area contributed by atoms with Gasteiger partial charge in [0, 0.05) is 38.0 Å². The quantitative estimate of drug-likeness (QED) is 0.676. The molecule has 8 heteroatoms. The molecule has 3 atom stereocenters. The molecule has 0 spiro atoms. The van der Waals surface area contributed by atoms with E-state index in [9.17, 15) is 18.0 Å². The van der Waals surface area contributed by atoms with Crippen molar-refractivity contribution in [2.75, 3.05) is 13.1 Å². The lowest BCUT2D eigenvalue weighted by molar-refractivity contribution is -0.128. The highest BCUT2D eigenvalue weighted by Crippen LogP contribution is 2.28. The first kappa shape index (κ1) is 23.4. The van der Waals surface area contributed by atoms with E-state index < -0.39 is 16.1 Å². The van der Waals surface area contributed by atoms with Gasteiger partial charge in [-0.2, -0.15) is 4.31 Å². The summed E-state index contributed by atoms with van der Waals surface area (Å²) in [5.74, 6) is -0.215. The van der Waals surface area contributed by atoms with Crippen molar-refractivity contribution in [1.29, 1.82) is 0 Å². The van der Waals surface area contributed by atoms with E-state index in [-0.39, 0.29) is 28.7 Å². The number of hydrogen-bond donors (Lipinski definition) is 1. The molecule has 0 radical (unpaired) electrons. The van der Waals surface area contributed by atoms with Crippen LogP contribution in [0.15, 0.2) is 59.5 Å². The normalized spacial score (nSPS) is 22.5. The van der Waals surface area contributed by atoms with Gasteiger partial charge < -0.3 is 10.2 Å². The fourth-order valence-corrected chi connectivity index (χ4v) is 6.32. The molecule has 33 heavy (non-hydrogen) atoms. The molecule has 2 aromatic carbocycles. The van der Waals surface area contributed by atoms with Crippen molar-refractivity contribution < 1.29 is 18.0 Å². The van der Waals surface area contributed by atoms with Crippen LogP contribution in [0.25, 0.3) is 0 Å². The lowest BCUT2D eigenvalue weighted by Crippen LogP contribution is -2.50. The number of aryl methyl sites for hydroxylation is 1. The van der Waals surface area contributed by atoms with Crippen molar-refractivity contribution in [3.05, 3.63) is 65.7 Å². The smallest absolute Gasteiger partial charge is 0.243 e. The zero-order valence-electron chi connectivity index (χ0n) is 19.1. The van der Waals surface area contributed by atoms with E-state index in [2.05, 4.69) is 5.32 Å². The predicted octanol–water partition coefficient (Wildman–Crippen LogP) is 2.70. The Morgan fingerprint density at radius 1 is 1.12 bits per heavy atom. The van der Waals surface area contributed by atoms with E-state index in [0.29, 0.717) is 38.9 Å². The summed E-state index contributed by atoms with van der Waals surface area (Å²) < 4.78 is 27.6. The van der Waals surface area contributed by atoms with Crippen LogP contribution in [-0.4, -0.2) is 54.6 Å². The van der Waals surface area contributed by atoms with E-state index in [4.69, 9.17) is 0 Å². The van der Waals surface area contributed by atoms with Gasteiger partial charge in [-0.1, -0.05) is 48.0 Å². The SMILES string of the molecule is Cc1ccc(S(=O)(=O)N2CCC[C@H]2C(=O)N[C@H](C)[C@H]2CC(=O)N(Cc3ccccc3)C2)cc1. The number of amides is 2. The Bertz CT molecular complexity index is 1100. The molecule has 0 saturated carbocycles. The van der Waals surface area contributed by atoms with Gasteiger partial charge in [-0.25, -0.2) is 8.42 Å². The van der Waals surface area contributed by atoms with Crippen molar-refractivity contribution >= 4 is 21.8 Å². The van der Waals surface area contributed by atoms with Crippen molar-refractivity contribution in [2.45, 2.75) is 56.6 Å². The van der Waals surface area contributed by atoms with Gasteiger partial charge in [-0.05, 0) is 44.4 Å². The van der Waals surface area contributed by atoms with E-state index in [0.717, 1.165) is 11.1 Å². The molecule has 2 aliphatic heterocycles. The van der Waals surface area contributed by atoms with Crippen LogP contribution in [0.2, 0.25) is 0 Å². The summed E-state index contributed by atoms with van der Waals surface area (Å²) in [5.41, 5.74) is 2.05. The fraction of sp³-hybridized carbons (Fsp3) is 0.440. The molecule has 0 unspecified atom stereocenters. The standard InChI is InChI=1S/C25H31N3O4S/c1-18-10-12-22(13-11-18)33(31,32)28-14-6-9-23(28)25(30)26-19(2)21-15-24(29)27(17-21)16-20-7-4-3-5-8-20/h3-5,7-8,10-13,19,21,23H,6,9,14-17H2,1-2H3,(H,26,30)/t19-,21+,23+/m1/s1.